The normalized spacial score (nSPS) is 21.6. The van der Waals surface area contributed by atoms with E-state index in [1.165, 1.54) is 12.8 Å². The predicted octanol–water partition coefficient (Wildman–Crippen LogP) is 3.73. The minimum Gasteiger partial charge on any atom is -0.338 e. The van der Waals surface area contributed by atoms with Gasteiger partial charge in [0.1, 0.15) is 0 Å². The van der Waals surface area contributed by atoms with E-state index < -0.39 is 0 Å². The number of halogens is 1. The maximum Gasteiger partial charge on any atom is 0.223 e. The Morgan fingerprint density at radius 3 is 2.50 bits per heavy atom. The molecule has 0 bridgehead atoms. The lowest BCUT2D eigenvalue weighted by molar-refractivity contribution is -0.133. The molecule has 1 amide bonds. The van der Waals surface area contributed by atoms with Crippen LogP contribution in [0.3, 0.4) is 0 Å². The zero-order chi connectivity index (χ0) is 18.4. The molecule has 6 heteroatoms. The number of rotatable bonds is 6. The van der Waals surface area contributed by atoms with Crippen molar-refractivity contribution in [3.8, 4) is 0 Å². The first kappa shape index (κ1) is 19.7. The summed E-state index contributed by atoms with van der Waals surface area (Å²) >= 11 is 7.82. The summed E-state index contributed by atoms with van der Waals surface area (Å²) in [5.41, 5.74) is 0.627. The summed E-state index contributed by atoms with van der Waals surface area (Å²) < 4.78 is 0. The number of carbonyl (C=O) groups is 2. The quantitative estimate of drug-likeness (QED) is 0.689. The van der Waals surface area contributed by atoms with Crippen LogP contribution in [0.25, 0.3) is 0 Å². The molecular formula is C20H27ClN2O2S. The summed E-state index contributed by atoms with van der Waals surface area (Å²) in [6, 6.07) is 7.17. The first-order valence-electron chi connectivity index (χ1n) is 9.52. The van der Waals surface area contributed by atoms with Crippen molar-refractivity contribution < 1.29 is 9.59 Å². The van der Waals surface area contributed by atoms with E-state index in [-0.39, 0.29) is 24.2 Å². The minimum absolute atomic E-state index is 0.00954. The number of hydrogen-bond donors (Lipinski definition) is 0. The lowest BCUT2D eigenvalue weighted by Crippen LogP contribution is -2.47. The minimum atomic E-state index is 0.00954. The Kier molecular flexibility index (Phi) is 7.41. The van der Waals surface area contributed by atoms with Gasteiger partial charge < -0.3 is 9.80 Å². The van der Waals surface area contributed by atoms with Crippen molar-refractivity contribution >= 4 is 35.1 Å². The highest BCUT2D eigenvalue weighted by Crippen LogP contribution is 2.21. The van der Waals surface area contributed by atoms with Crippen LogP contribution in [-0.2, 0) is 4.79 Å². The number of nitrogens with zero attached hydrogens (tertiary/aromatic N) is 2. The van der Waals surface area contributed by atoms with Gasteiger partial charge in [0, 0.05) is 42.3 Å². The van der Waals surface area contributed by atoms with Crippen molar-refractivity contribution in [1.29, 1.82) is 0 Å². The summed E-state index contributed by atoms with van der Waals surface area (Å²) in [5, 5.41) is 0.615. The average Bonchev–Trinajstić information content (AvgIpc) is 3.04. The average molecular weight is 395 g/mol. The van der Waals surface area contributed by atoms with Crippen LogP contribution in [0.5, 0.6) is 0 Å². The lowest BCUT2D eigenvalue weighted by Gasteiger charge is -2.32. The number of Topliss-reactive ketones (excluding diaryl/α,β-unsaturated/α-hetero) is 1. The second-order valence-corrected chi connectivity index (χ2v) is 8.69. The molecule has 1 aromatic carbocycles. The summed E-state index contributed by atoms with van der Waals surface area (Å²) in [7, 11) is 0. The third-order valence-corrected chi connectivity index (χ3v) is 6.61. The van der Waals surface area contributed by atoms with Crippen LogP contribution in [0, 0.1) is 0 Å². The molecule has 2 heterocycles. The molecule has 2 fully saturated rings. The molecule has 0 spiro atoms. The maximum atomic E-state index is 12.8. The van der Waals surface area contributed by atoms with Crippen molar-refractivity contribution in [2.45, 2.75) is 38.1 Å². The van der Waals surface area contributed by atoms with Gasteiger partial charge in [0.05, 0.1) is 6.04 Å². The van der Waals surface area contributed by atoms with E-state index in [9.17, 15) is 9.59 Å². The third kappa shape index (κ3) is 5.48. The summed E-state index contributed by atoms with van der Waals surface area (Å²) in [5.74, 6) is 2.26. The second-order valence-electron chi connectivity index (χ2n) is 7.11. The topological polar surface area (TPSA) is 40.6 Å². The van der Waals surface area contributed by atoms with Gasteiger partial charge in [-0.1, -0.05) is 11.6 Å². The molecule has 3 rings (SSSR count). The number of benzene rings is 1. The number of amides is 1. The standard InChI is InChI=1S/C20H27ClN2O2S/c21-17-6-4-16(5-7-17)19(24)8-9-20(25)23-12-3-13-26-15-18(23)14-22-10-1-2-11-22/h4-7,18H,1-3,8-15H2. The Hall–Kier alpha value is -1.04. The van der Waals surface area contributed by atoms with E-state index in [4.69, 9.17) is 11.6 Å². The van der Waals surface area contributed by atoms with Gasteiger partial charge in [0.15, 0.2) is 5.78 Å². The first-order valence-corrected chi connectivity index (χ1v) is 11.0. The predicted molar refractivity (Wildman–Crippen MR) is 108 cm³/mol. The summed E-state index contributed by atoms with van der Waals surface area (Å²) in [6.45, 7) is 4.10. The largest absolute Gasteiger partial charge is 0.338 e. The highest BCUT2D eigenvalue weighted by Gasteiger charge is 2.28. The van der Waals surface area contributed by atoms with Gasteiger partial charge in [0.25, 0.3) is 0 Å². The summed E-state index contributed by atoms with van der Waals surface area (Å²) in [6.07, 6.45) is 4.13. The smallest absolute Gasteiger partial charge is 0.223 e. The van der Waals surface area contributed by atoms with Gasteiger partial charge in [0.2, 0.25) is 5.91 Å². The molecule has 1 atom stereocenters. The molecule has 0 saturated carbocycles. The van der Waals surface area contributed by atoms with E-state index in [0.717, 1.165) is 44.1 Å². The highest BCUT2D eigenvalue weighted by atomic mass is 35.5. The van der Waals surface area contributed by atoms with E-state index in [2.05, 4.69) is 4.90 Å². The van der Waals surface area contributed by atoms with Crippen molar-refractivity contribution in [1.82, 2.24) is 9.80 Å². The van der Waals surface area contributed by atoms with Gasteiger partial charge >= 0.3 is 0 Å². The molecule has 2 aliphatic rings. The van der Waals surface area contributed by atoms with Crippen LogP contribution in [0.2, 0.25) is 5.02 Å². The van der Waals surface area contributed by atoms with Gasteiger partial charge in [-0.25, -0.2) is 0 Å². The molecule has 2 aliphatic heterocycles. The zero-order valence-electron chi connectivity index (χ0n) is 15.2. The molecule has 0 aliphatic carbocycles. The number of carbonyl (C=O) groups excluding carboxylic acids is 2. The fourth-order valence-electron chi connectivity index (χ4n) is 3.72. The van der Waals surface area contributed by atoms with Gasteiger partial charge in [-0.2, -0.15) is 11.8 Å². The van der Waals surface area contributed by atoms with E-state index in [1.54, 1.807) is 24.3 Å². The van der Waals surface area contributed by atoms with Crippen molar-refractivity contribution in [2.24, 2.45) is 0 Å². The van der Waals surface area contributed by atoms with Gasteiger partial charge in [-0.05, 0) is 62.4 Å². The number of likely N-dealkylation sites (tertiary alicyclic amines) is 1. The van der Waals surface area contributed by atoms with Crippen LogP contribution in [0.4, 0.5) is 0 Å². The van der Waals surface area contributed by atoms with Crippen LogP contribution in [-0.4, -0.2) is 65.2 Å². The van der Waals surface area contributed by atoms with Crippen molar-refractivity contribution in [3.05, 3.63) is 34.9 Å². The van der Waals surface area contributed by atoms with Crippen LogP contribution < -0.4 is 0 Å². The molecular weight excluding hydrogens is 368 g/mol. The van der Waals surface area contributed by atoms with Crippen molar-refractivity contribution in [3.63, 3.8) is 0 Å². The highest BCUT2D eigenvalue weighted by molar-refractivity contribution is 7.99. The zero-order valence-corrected chi connectivity index (χ0v) is 16.7. The number of ketones is 1. The SMILES string of the molecule is O=C(CCC(=O)N1CCCSCC1CN1CCCC1)c1ccc(Cl)cc1. The fourth-order valence-corrected chi connectivity index (χ4v) is 4.90. The number of hydrogen-bond acceptors (Lipinski definition) is 4. The van der Waals surface area contributed by atoms with Gasteiger partial charge in [-0.15, -0.1) is 0 Å². The molecule has 0 N–H and O–H groups in total. The Morgan fingerprint density at radius 1 is 1.04 bits per heavy atom. The molecule has 2 saturated heterocycles. The molecule has 1 aromatic rings. The van der Waals surface area contributed by atoms with Gasteiger partial charge in [-0.3, -0.25) is 9.59 Å². The first-order chi connectivity index (χ1) is 12.6. The van der Waals surface area contributed by atoms with E-state index in [1.807, 2.05) is 16.7 Å². The molecule has 1 unspecified atom stereocenters. The Morgan fingerprint density at radius 2 is 1.77 bits per heavy atom. The Bertz CT molecular complexity index is 617. The van der Waals surface area contributed by atoms with Crippen LogP contribution in [0.15, 0.2) is 24.3 Å². The number of thioether (sulfide) groups is 1. The molecule has 4 nitrogen and oxygen atoms in total. The van der Waals surface area contributed by atoms with E-state index in [0.29, 0.717) is 17.0 Å². The molecule has 0 aromatic heterocycles. The molecule has 0 radical (unpaired) electrons. The van der Waals surface area contributed by atoms with Crippen LogP contribution in [0.1, 0.15) is 42.5 Å². The van der Waals surface area contributed by atoms with E-state index >= 15 is 0 Å². The lowest BCUT2D eigenvalue weighted by atomic mass is 10.1. The molecule has 142 valence electrons. The third-order valence-electron chi connectivity index (χ3n) is 5.16. The Labute approximate surface area is 165 Å². The monoisotopic (exact) mass is 394 g/mol. The molecule has 26 heavy (non-hydrogen) atoms. The fraction of sp³-hybridized carbons (Fsp3) is 0.600. The van der Waals surface area contributed by atoms with Crippen molar-refractivity contribution in [2.75, 3.05) is 37.7 Å². The van der Waals surface area contributed by atoms with Crippen LogP contribution >= 0.6 is 23.4 Å². The summed E-state index contributed by atoms with van der Waals surface area (Å²) in [4.78, 5) is 29.7. The maximum absolute atomic E-state index is 12.8. The second kappa shape index (κ2) is 9.77. The Balaban J connectivity index is 1.56.